The molecule has 0 unspecified atom stereocenters. The Morgan fingerprint density at radius 3 is 2.40 bits per heavy atom. The first-order chi connectivity index (χ1) is 16.5. The van der Waals surface area contributed by atoms with Crippen molar-refractivity contribution in [2.24, 2.45) is 0 Å². The topological polar surface area (TPSA) is 116 Å². The molecule has 4 rings (SSSR count). The van der Waals surface area contributed by atoms with Gasteiger partial charge in [0.05, 0.1) is 21.7 Å². The Morgan fingerprint density at radius 2 is 1.77 bits per heavy atom. The smallest absolute Gasteiger partial charge is 0.369 e. The maximum atomic E-state index is 13.8. The van der Waals surface area contributed by atoms with E-state index in [2.05, 4.69) is 10.2 Å². The van der Waals surface area contributed by atoms with Gasteiger partial charge in [0, 0.05) is 37.9 Å². The fourth-order valence-electron chi connectivity index (χ4n) is 4.08. The number of hydrogen-bond acceptors (Lipinski definition) is 7. The zero-order valence-corrected chi connectivity index (χ0v) is 18.5. The molecule has 3 amide bonds. The Bertz CT molecular complexity index is 1220. The molecule has 2 aromatic rings. The highest BCUT2D eigenvalue weighted by Gasteiger charge is 2.42. The molecule has 2 aromatic carbocycles. The fourth-order valence-corrected chi connectivity index (χ4v) is 4.08. The number of likely N-dealkylation sites (N-methyl/N-ethyl adjacent to an activating group) is 1. The third-order valence-corrected chi connectivity index (χ3v) is 5.93. The van der Waals surface area contributed by atoms with E-state index in [0.717, 1.165) is 18.2 Å². The van der Waals surface area contributed by atoms with Crippen molar-refractivity contribution < 1.29 is 32.5 Å². The molecule has 10 nitrogen and oxygen atoms in total. The van der Waals surface area contributed by atoms with Crippen LogP contribution in [0.15, 0.2) is 36.4 Å². The van der Waals surface area contributed by atoms with E-state index in [1.165, 1.54) is 18.2 Å². The van der Waals surface area contributed by atoms with E-state index in [9.17, 15) is 37.7 Å². The molecule has 0 bridgehead atoms. The summed E-state index contributed by atoms with van der Waals surface area (Å²) in [5.74, 6) is -3.06. The Morgan fingerprint density at radius 1 is 1.09 bits per heavy atom. The van der Waals surface area contributed by atoms with Crippen LogP contribution in [-0.4, -0.2) is 72.2 Å². The third kappa shape index (κ3) is 4.67. The lowest BCUT2D eigenvalue weighted by Gasteiger charge is -2.34. The maximum absolute atomic E-state index is 13.8. The van der Waals surface area contributed by atoms with E-state index in [1.807, 2.05) is 11.9 Å². The van der Waals surface area contributed by atoms with E-state index in [4.69, 9.17) is 0 Å². The standard InChI is InChI=1S/C22H20F3N5O5/c1-27-7-9-28(10-8-27)13-5-6-16(15(11-13)22(23,24)25)26-18(31)12-29-20(32)14-3-2-4-17(30(34)35)19(14)21(29)33/h2-6,11H,7-10,12H2,1H3,(H,26,31). The number of rotatable bonds is 5. The van der Waals surface area contributed by atoms with E-state index >= 15 is 0 Å². The van der Waals surface area contributed by atoms with Gasteiger partial charge >= 0.3 is 6.18 Å². The van der Waals surface area contributed by atoms with E-state index in [0.29, 0.717) is 36.8 Å². The minimum Gasteiger partial charge on any atom is -0.369 e. The monoisotopic (exact) mass is 491 g/mol. The molecule has 184 valence electrons. The molecular weight excluding hydrogens is 471 g/mol. The van der Waals surface area contributed by atoms with Gasteiger partial charge in [-0.3, -0.25) is 29.4 Å². The number of benzene rings is 2. The largest absolute Gasteiger partial charge is 0.418 e. The number of nitrogens with one attached hydrogen (secondary N) is 1. The van der Waals surface area contributed by atoms with Crippen molar-refractivity contribution >= 4 is 34.8 Å². The van der Waals surface area contributed by atoms with E-state index in [1.54, 1.807) is 0 Å². The number of alkyl halides is 3. The molecule has 0 saturated carbocycles. The highest BCUT2D eigenvalue weighted by atomic mass is 19.4. The number of nitro groups is 1. The Kier molecular flexibility index (Phi) is 6.19. The lowest BCUT2D eigenvalue weighted by Crippen LogP contribution is -2.44. The van der Waals surface area contributed by atoms with Crippen molar-refractivity contribution in [3.8, 4) is 0 Å². The summed E-state index contributed by atoms with van der Waals surface area (Å²) in [4.78, 5) is 52.4. The second-order valence-electron chi connectivity index (χ2n) is 8.22. The molecule has 0 aliphatic carbocycles. The van der Waals surface area contributed by atoms with Crippen LogP contribution in [0.4, 0.5) is 30.2 Å². The Labute approximate surface area is 197 Å². The summed E-state index contributed by atoms with van der Waals surface area (Å²) < 4.78 is 41.3. The molecule has 2 heterocycles. The third-order valence-electron chi connectivity index (χ3n) is 5.93. The summed E-state index contributed by atoms with van der Waals surface area (Å²) >= 11 is 0. The van der Waals surface area contributed by atoms with Crippen LogP contribution in [0.2, 0.25) is 0 Å². The van der Waals surface area contributed by atoms with Crippen molar-refractivity contribution in [3.63, 3.8) is 0 Å². The molecule has 0 aromatic heterocycles. The minimum absolute atomic E-state index is 0.246. The highest BCUT2D eigenvalue weighted by Crippen LogP contribution is 2.38. The first-order valence-corrected chi connectivity index (χ1v) is 10.6. The highest BCUT2D eigenvalue weighted by molar-refractivity contribution is 6.24. The number of nitro benzene ring substituents is 1. The summed E-state index contributed by atoms with van der Waals surface area (Å²) in [6.07, 6.45) is -4.78. The number of nitrogens with zero attached hydrogens (tertiary/aromatic N) is 4. The zero-order valence-electron chi connectivity index (χ0n) is 18.5. The van der Waals surface area contributed by atoms with Crippen LogP contribution in [0.25, 0.3) is 0 Å². The Balaban J connectivity index is 1.54. The first-order valence-electron chi connectivity index (χ1n) is 10.6. The molecular formula is C22H20F3N5O5. The van der Waals surface area contributed by atoms with Gasteiger partial charge in [-0.25, -0.2) is 0 Å². The van der Waals surface area contributed by atoms with Gasteiger partial charge in [0.25, 0.3) is 17.5 Å². The molecule has 1 saturated heterocycles. The van der Waals surface area contributed by atoms with Crippen LogP contribution in [0.3, 0.4) is 0 Å². The number of amides is 3. The number of fused-ring (bicyclic) bond motifs is 1. The first kappa shape index (κ1) is 24.1. The normalized spacial score (nSPS) is 16.5. The fraction of sp³-hybridized carbons (Fsp3) is 0.318. The van der Waals surface area contributed by atoms with Crippen LogP contribution in [-0.2, 0) is 11.0 Å². The molecule has 1 N–H and O–H groups in total. The summed E-state index contributed by atoms with van der Waals surface area (Å²) in [6, 6.07) is 7.02. The lowest BCUT2D eigenvalue weighted by atomic mass is 10.1. The van der Waals surface area contributed by atoms with Gasteiger partial charge in [-0.15, -0.1) is 0 Å². The van der Waals surface area contributed by atoms with Crippen LogP contribution in [0.1, 0.15) is 26.3 Å². The number of anilines is 2. The number of imide groups is 1. The van der Waals surface area contributed by atoms with Gasteiger partial charge < -0.3 is 15.1 Å². The van der Waals surface area contributed by atoms with Gasteiger partial charge in [0.1, 0.15) is 12.1 Å². The number of hydrogen-bond donors (Lipinski definition) is 1. The molecule has 2 aliphatic heterocycles. The van der Waals surface area contributed by atoms with Gasteiger partial charge in [-0.05, 0) is 31.3 Å². The molecule has 2 aliphatic rings. The van der Waals surface area contributed by atoms with Crippen molar-refractivity contribution in [1.82, 2.24) is 9.80 Å². The molecule has 13 heteroatoms. The summed E-state index contributed by atoms with van der Waals surface area (Å²) in [5, 5.41) is 13.3. The van der Waals surface area contributed by atoms with Crippen molar-refractivity contribution in [2.45, 2.75) is 6.18 Å². The van der Waals surface area contributed by atoms with E-state index < -0.39 is 57.9 Å². The minimum atomic E-state index is -4.78. The summed E-state index contributed by atoms with van der Waals surface area (Å²) in [5.41, 5.74) is -2.53. The average molecular weight is 491 g/mol. The SMILES string of the molecule is CN1CCN(c2ccc(NC(=O)CN3C(=O)c4cccc([N+](=O)[O-])c4C3=O)c(C(F)(F)F)c2)CC1. The summed E-state index contributed by atoms with van der Waals surface area (Å²) in [6.45, 7) is 1.58. The number of halogens is 3. The molecule has 1 fully saturated rings. The predicted molar refractivity (Wildman–Crippen MR) is 118 cm³/mol. The van der Waals surface area contributed by atoms with Gasteiger partial charge in [0.15, 0.2) is 0 Å². The number of piperazine rings is 1. The molecule has 35 heavy (non-hydrogen) atoms. The maximum Gasteiger partial charge on any atom is 0.418 e. The quantitative estimate of drug-likeness (QED) is 0.388. The van der Waals surface area contributed by atoms with Gasteiger partial charge in [-0.1, -0.05) is 6.07 Å². The summed E-state index contributed by atoms with van der Waals surface area (Å²) in [7, 11) is 1.92. The van der Waals surface area contributed by atoms with E-state index in [-0.39, 0.29) is 5.56 Å². The predicted octanol–water partition coefficient (Wildman–Crippen LogP) is 2.60. The average Bonchev–Trinajstić information content (AvgIpc) is 3.04. The van der Waals surface area contributed by atoms with Crippen LogP contribution in [0.5, 0.6) is 0 Å². The molecule has 0 radical (unpaired) electrons. The van der Waals surface area contributed by atoms with Crippen LogP contribution >= 0.6 is 0 Å². The molecule has 0 atom stereocenters. The zero-order chi connectivity index (χ0) is 25.5. The Hall–Kier alpha value is -4.00. The second-order valence-corrected chi connectivity index (χ2v) is 8.22. The van der Waals surface area contributed by atoms with Crippen molar-refractivity contribution in [2.75, 3.05) is 50.0 Å². The van der Waals surface area contributed by atoms with Gasteiger partial charge in [0.2, 0.25) is 5.91 Å². The number of carbonyl (C=O) groups is 3. The molecule has 0 spiro atoms. The number of carbonyl (C=O) groups excluding carboxylic acids is 3. The van der Waals surface area contributed by atoms with Gasteiger partial charge in [-0.2, -0.15) is 13.2 Å². The van der Waals surface area contributed by atoms with Crippen molar-refractivity contribution in [1.29, 1.82) is 0 Å². The van der Waals surface area contributed by atoms with Crippen LogP contribution in [0, 0.1) is 10.1 Å². The van der Waals surface area contributed by atoms with Crippen molar-refractivity contribution in [3.05, 3.63) is 63.2 Å². The second kappa shape index (κ2) is 8.98. The lowest BCUT2D eigenvalue weighted by molar-refractivity contribution is -0.385. The van der Waals surface area contributed by atoms with Crippen LogP contribution < -0.4 is 10.2 Å².